The van der Waals surface area contributed by atoms with Gasteiger partial charge in [0, 0.05) is 18.6 Å². The van der Waals surface area contributed by atoms with Gasteiger partial charge in [-0.3, -0.25) is 4.90 Å². The van der Waals surface area contributed by atoms with Gasteiger partial charge in [0.1, 0.15) is 0 Å². The van der Waals surface area contributed by atoms with Gasteiger partial charge in [-0.1, -0.05) is 6.92 Å². The van der Waals surface area contributed by atoms with E-state index in [1.165, 1.54) is 51.7 Å². The second kappa shape index (κ2) is 4.43. The van der Waals surface area contributed by atoms with Crippen LogP contribution in [0.5, 0.6) is 0 Å². The minimum Gasteiger partial charge on any atom is -0.315 e. The first-order valence-electron chi connectivity index (χ1n) is 5.88. The molecule has 76 valence electrons. The molecule has 2 fully saturated rings. The molecule has 0 aromatic heterocycles. The van der Waals surface area contributed by atoms with Gasteiger partial charge >= 0.3 is 0 Å². The summed E-state index contributed by atoms with van der Waals surface area (Å²) in [5.41, 5.74) is 0. The zero-order chi connectivity index (χ0) is 9.10. The third kappa shape index (κ3) is 2.44. The maximum absolute atomic E-state index is 3.51. The Morgan fingerprint density at radius 3 is 2.62 bits per heavy atom. The van der Waals surface area contributed by atoms with E-state index in [1.807, 2.05) is 0 Å². The SMILES string of the molecule is CCCN(C1CC1)C1CCCNC1. The van der Waals surface area contributed by atoms with Crippen LogP contribution in [0, 0.1) is 0 Å². The molecule has 0 spiro atoms. The van der Waals surface area contributed by atoms with Crippen LogP contribution < -0.4 is 5.32 Å². The normalized spacial score (nSPS) is 29.5. The quantitative estimate of drug-likeness (QED) is 0.710. The Balaban J connectivity index is 1.84. The van der Waals surface area contributed by atoms with Crippen molar-refractivity contribution in [3.63, 3.8) is 0 Å². The van der Waals surface area contributed by atoms with E-state index in [2.05, 4.69) is 17.1 Å². The summed E-state index contributed by atoms with van der Waals surface area (Å²) >= 11 is 0. The summed E-state index contributed by atoms with van der Waals surface area (Å²) in [4.78, 5) is 2.76. The van der Waals surface area contributed by atoms with E-state index >= 15 is 0 Å². The van der Waals surface area contributed by atoms with Gasteiger partial charge in [0.05, 0.1) is 0 Å². The third-order valence-corrected chi connectivity index (χ3v) is 3.24. The van der Waals surface area contributed by atoms with Gasteiger partial charge in [-0.2, -0.15) is 0 Å². The molecule has 2 aliphatic rings. The van der Waals surface area contributed by atoms with Gasteiger partial charge in [-0.05, 0) is 45.2 Å². The van der Waals surface area contributed by atoms with Crippen LogP contribution in [0.25, 0.3) is 0 Å². The van der Waals surface area contributed by atoms with Crippen molar-refractivity contribution in [2.45, 2.75) is 51.1 Å². The highest BCUT2D eigenvalue weighted by Gasteiger charge is 2.33. The average Bonchev–Trinajstić information content (AvgIpc) is 2.99. The summed E-state index contributed by atoms with van der Waals surface area (Å²) in [5.74, 6) is 0. The maximum atomic E-state index is 3.51. The second-order valence-electron chi connectivity index (χ2n) is 4.47. The summed E-state index contributed by atoms with van der Waals surface area (Å²) in [7, 11) is 0. The summed E-state index contributed by atoms with van der Waals surface area (Å²) in [6, 6.07) is 1.80. The van der Waals surface area contributed by atoms with Crippen LogP contribution in [-0.4, -0.2) is 36.6 Å². The molecule has 1 N–H and O–H groups in total. The smallest absolute Gasteiger partial charge is 0.0224 e. The van der Waals surface area contributed by atoms with E-state index in [4.69, 9.17) is 0 Å². The zero-order valence-electron chi connectivity index (χ0n) is 8.76. The summed E-state index contributed by atoms with van der Waals surface area (Å²) < 4.78 is 0. The molecule has 1 saturated carbocycles. The van der Waals surface area contributed by atoms with E-state index in [1.54, 1.807) is 0 Å². The van der Waals surface area contributed by atoms with Gasteiger partial charge in [-0.25, -0.2) is 0 Å². The number of nitrogens with zero attached hydrogens (tertiary/aromatic N) is 1. The summed E-state index contributed by atoms with van der Waals surface area (Å²) in [6.45, 7) is 6.08. The topological polar surface area (TPSA) is 15.3 Å². The lowest BCUT2D eigenvalue weighted by atomic mass is 10.1. The fourth-order valence-corrected chi connectivity index (χ4v) is 2.44. The molecular formula is C11H22N2. The number of hydrogen-bond donors (Lipinski definition) is 1. The van der Waals surface area contributed by atoms with Crippen molar-refractivity contribution in [3.05, 3.63) is 0 Å². The number of hydrogen-bond acceptors (Lipinski definition) is 2. The predicted octanol–water partition coefficient (Wildman–Crippen LogP) is 1.61. The second-order valence-corrected chi connectivity index (χ2v) is 4.47. The molecule has 1 saturated heterocycles. The molecule has 1 aliphatic carbocycles. The average molecular weight is 182 g/mol. The predicted molar refractivity (Wildman–Crippen MR) is 55.9 cm³/mol. The first-order valence-corrected chi connectivity index (χ1v) is 5.88. The van der Waals surface area contributed by atoms with Crippen molar-refractivity contribution in [2.24, 2.45) is 0 Å². The van der Waals surface area contributed by atoms with E-state index in [0.29, 0.717) is 0 Å². The Morgan fingerprint density at radius 2 is 2.08 bits per heavy atom. The van der Waals surface area contributed by atoms with Crippen molar-refractivity contribution in [1.29, 1.82) is 0 Å². The molecule has 1 aliphatic heterocycles. The van der Waals surface area contributed by atoms with Crippen LogP contribution in [-0.2, 0) is 0 Å². The highest BCUT2D eigenvalue weighted by molar-refractivity contribution is 4.90. The maximum Gasteiger partial charge on any atom is 0.0224 e. The minimum absolute atomic E-state index is 0.848. The highest BCUT2D eigenvalue weighted by Crippen LogP contribution is 2.30. The molecule has 0 bridgehead atoms. The van der Waals surface area contributed by atoms with Gasteiger partial charge in [-0.15, -0.1) is 0 Å². The molecule has 0 aromatic carbocycles. The van der Waals surface area contributed by atoms with Crippen molar-refractivity contribution in [2.75, 3.05) is 19.6 Å². The van der Waals surface area contributed by atoms with Crippen molar-refractivity contribution >= 4 is 0 Å². The first-order chi connectivity index (χ1) is 6.42. The molecular weight excluding hydrogens is 160 g/mol. The highest BCUT2D eigenvalue weighted by atomic mass is 15.2. The Hall–Kier alpha value is -0.0800. The Kier molecular flexibility index (Phi) is 3.23. The molecule has 1 atom stereocenters. The first kappa shape index (κ1) is 9.47. The van der Waals surface area contributed by atoms with E-state index in [-0.39, 0.29) is 0 Å². The Labute approximate surface area is 81.7 Å². The molecule has 1 unspecified atom stereocenters. The lowest BCUT2D eigenvalue weighted by Crippen LogP contribution is -2.47. The van der Waals surface area contributed by atoms with Crippen LogP contribution in [0.1, 0.15) is 39.0 Å². The lowest BCUT2D eigenvalue weighted by molar-refractivity contribution is 0.157. The molecule has 1 heterocycles. The van der Waals surface area contributed by atoms with Gasteiger partial charge in [0.15, 0.2) is 0 Å². The van der Waals surface area contributed by atoms with E-state index in [0.717, 1.165) is 12.1 Å². The van der Waals surface area contributed by atoms with Crippen LogP contribution in [0.2, 0.25) is 0 Å². The van der Waals surface area contributed by atoms with Crippen LogP contribution >= 0.6 is 0 Å². The number of rotatable bonds is 4. The summed E-state index contributed by atoms with van der Waals surface area (Å²) in [5, 5.41) is 3.51. The fraction of sp³-hybridized carbons (Fsp3) is 1.00. The molecule has 0 aromatic rings. The van der Waals surface area contributed by atoms with Gasteiger partial charge in [0.2, 0.25) is 0 Å². The largest absolute Gasteiger partial charge is 0.315 e. The molecule has 13 heavy (non-hydrogen) atoms. The minimum atomic E-state index is 0.848. The molecule has 0 amide bonds. The van der Waals surface area contributed by atoms with Gasteiger partial charge < -0.3 is 5.32 Å². The number of piperidine rings is 1. The zero-order valence-corrected chi connectivity index (χ0v) is 8.76. The van der Waals surface area contributed by atoms with E-state index in [9.17, 15) is 0 Å². The number of nitrogens with one attached hydrogen (secondary N) is 1. The van der Waals surface area contributed by atoms with Crippen LogP contribution in [0.15, 0.2) is 0 Å². The Morgan fingerprint density at radius 1 is 1.23 bits per heavy atom. The lowest BCUT2D eigenvalue weighted by Gasteiger charge is -2.34. The standard InChI is InChI=1S/C11H22N2/c1-2-8-13(10-5-6-10)11-4-3-7-12-9-11/h10-12H,2-9H2,1H3. The van der Waals surface area contributed by atoms with Gasteiger partial charge in [0.25, 0.3) is 0 Å². The van der Waals surface area contributed by atoms with Crippen LogP contribution in [0.4, 0.5) is 0 Å². The third-order valence-electron chi connectivity index (χ3n) is 3.24. The van der Waals surface area contributed by atoms with Crippen molar-refractivity contribution in [3.8, 4) is 0 Å². The monoisotopic (exact) mass is 182 g/mol. The van der Waals surface area contributed by atoms with E-state index < -0.39 is 0 Å². The fourth-order valence-electron chi connectivity index (χ4n) is 2.44. The molecule has 2 nitrogen and oxygen atoms in total. The molecule has 0 radical (unpaired) electrons. The molecule has 2 rings (SSSR count). The van der Waals surface area contributed by atoms with Crippen molar-refractivity contribution < 1.29 is 0 Å². The Bertz CT molecular complexity index is 148. The van der Waals surface area contributed by atoms with Crippen molar-refractivity contribution in [1.82, 2.24) is 10.2 Å². The molecule has 2 heteroatoms. The van der Waals surface area contributed by atoms with Crippen LogP contribution in [0.3, 0.4) is 0 Å². The summed E-state index contributed by atoms with van der Waals surface area (Å²) in [6.07, 6.45) is 7.01.